The lowest BCUT2D eigenvalue weighted by Crippen LogP contribution is -2.50. The van der Waals surface area contributed by atoms with Crippen molar-refractivity contribution < 1.29 is 27.6 Å². The molecule has 8 nitrogen and oxygen atoms in total. The number of alkyl halides is 3. The first-order valence-corrected chi connectivity index (χ1v) is 13.1. The number of benzene rings is 2. The summed E-state index contributed by atoms with van der Waals surface area (Å²) in [5.74, 6) is -1.63. The normalized spacial score (nSPS) is 13.3. The molecule has 0 bridgehead atoms. The molecule has 4 rings (SSSR count). The highest BCUT2D eigenvalue weighted by molar-refractivity contribution is 5.96. The van der Waals surface area contributed by atoms with E-state index in [-0.39, 0.29) is 18.9 Å². The molecule has 1 aromatic heterocycles. The van der Waals surface area contributed by atoms with Crippen LogP contribution >= 0.6 is 0 Å². The molecular formula is C30H32F3N5O3. The number of carbonyl (C=O) groups is 3. The van der Waals surface area contributed by atoms with Crippen LogP contribution < -0.4 is 16.0 Å². The van der Waals surface area contributed by atoms with Crippen molar-refractivity contribution >= 4 is 29.2 Å². The minimum absolute atomic E-state index is 0.0572. The minimum atomic E-state index is -4.81. The van der Waals surface area contributed by atoms with Crippen molar-refractivity contribution in [2.75, 3.05) is 24.2 Å². The van der Waals surface area contributed by atoms with Gasteiger partial charge >= 0.3 is 6.18 Å². The summed E-state index contributed by atoms with van der Waals surface area (Å²) in [4.78, 5) is 44.1. The molecule has 0 aliphatic carbocycles. The number of hydrogen-bond donors (Lipinski definition) is 3. The van der Waals surface area contributed by atoms with Gasteiger partial charge in [0.15, 0.2) is 0 Å². The van der Waals surface area contributed by atoms with Gasteiger partial charge in [-0.05, 0) is 66.9 Å². The SMILES string of the molecule is CNCc1ccccc1CN(CC(=O)Nc1ccc2c(c1)CC(=O)Nc1ncccc1C2)C(=O)C(C)(C)C(F)(F)F. The molecular weight excluding hydrogens is 535 g/mol. The Balaban J connectivity index is 1.57. The molecule has 1 aliphatic heterocycles. The van der Waals surface area contributed by atoms with Gasteiger partial charge in [0.05, 0.1) is 6.42 Å². The molecule has 0 unspecified atom stereocenters. The van der Waals surface area contributed by atoms with Gasteiger partial charge in [-0.15, -0.1) is 0 Å². The summed E-state index contributed by atoms with van der Waals surface area (Å²) in [5, 5.41) is 8.48. The van der Waals surface area contributed by atoms with E-state index >= 15 is 0 Å². The van der Waals surface area contributed by atoms with Gasteiger partial charge in [-0.25, -0.2) is 4.98 Å². The third-order valence-electron chi connectivity index (χ3n) is 7.08. The van der Waals surface area contributed by atoms with Crippen LogP contribution in [0.25, 0.3) is 0 Å². The van der Waals surface area contributed by atoms with E-state index in [4.69, 9.17) is 0 Å². The number of hydrogen-bond acceptors (Lipinski definition) is 5. The summed E-state index contributed by atoms with van der Waals surface area (Å²) in [7, 11) is 1.74. The highest BCUT2D eigenvalue weighted by Crippen LogP contribution is 2.39. The molecule has 0 atom stereocenters. The first-order valence-electron chi connectivity index (χ1n) is 13.1. The first-order chi connectivity index (χ1) is 19.4. The van der Waals surface area contributed by atoms with Crippen LogP contribution in [-0.4, -0.2) is 47.4 Å². The molecule has 0 saturated carbocycles. The smallest absolute Gasteiger partial charge is 0.328 e. The number of fused-ring (bicyclic) bond motifs is 2. The second-order valence-electron chi connectivity index (χ2n) is 10.5. The van der Waals surface area contributed by atoms with E-state index in [1.54, 1.807) is 55.7 Å². The fraction of sp³-hybridized carbons (Fsp3) is 0.333. The Labute approximate surface area is 236 Å². The number of carbonyl (C=O) groups excluding carboxylic acids is 3. The Kier molecular flexibility index (Phi) is 8.77. The molecule has 3 amide bonds. The van der Waals surface area contributed by atoms with Crippen LogP contribution in [0.1, 0.15) is 41.7 Å². The van der Waals surface area contributed by atoms with E-state index < -0.39 is 30.0 Å². The van der Waals surface area contributed by atoms with Crippen molar-refractivity contribution in [2.24, 2.45) is 5.41 Å². The van der Waals surface area contributed by atoms with Gasteiger partial charge < -0.3 is 20.9 Å². The van der Waals surface area contributed by atoms with Crippen LogP contribution in [0, 0.1) is 5.41 Å². The van der Waals surface area contributed by atoms with E-state index in [1.165, 1.54) is 0 Å². The summed E-state index contributed by atoms with van der Waals surface area (Å²) < 4.78 is 41.5. The average Bonchev–Trinajstić information content (AvgIpc) is 2.90. The van der Waals surface area contributed by atoms with Crippen LogP contribution in [-0.2, 0) is 40.3 Å². The highest BCUT2D eigenvalue weighted by atomic mass is 19.4. The second kappa shape index (κ2) is 12.1. The topological polar surface area (TPSA) is 103 Å². The predicted octanol–water partition coefficient (Wildman–Crippen LogP) is 4.44. The number of nitrogens with one attached hydrogen (secondary N) is 3. The first kappa shape index (κ1) is 29.7. The Morgan fingerprint density at radius 2 is 1.71 bits per heavy atom. The molecule has 2 heterocycles. The Morgan fingerprint density at radius 1 is 0.976 bits per heavy atom. The van der Waals surface area contributed by atoms with Crippen molar-refractivity contribution in [1.82, 2.24) is 15.2 Å². The van der Waals surface area contributed by atoms with Crippen molar-refractivity contribution in [3.8, 4) is 0 Å². The van der Waals surface area contributed by atoms with Gasteiger partial charge in [0.25, 0.3) is 0 Å². The van der Waals surface area contributed by atoms with Gasteiger partial charge in [0.1, 0.15) is 17.8 Å². The third kappa shape index (κ3) is 6.91. The van der Waals surface area contributed by atoms with Gasteiger partial charge in [-0.3, -0.25) is 14.4 Å². The number of nitrogens with zero attached hydrogens (tertiary/aromatic N) is 2. The second-order valence-corrected chi connectivity index (χ2v) is 10.5. The Hall–Kier alpha value is -4.25. The van der Waals surface area contributed by atoms with Crippen molar-refractivity contribution in [1.29, 1.82) is 0 Å². The third-order valence-corrected chi connectivity index (χ3v) is 7.08. The summed E-state index contributed by atoms with van der Waals surface area (Å²) in [6, 6.07) is 15.8. The number of anilines is 2. The van der Waals surface area contributed by atoms with Gasteiger partial charge in [-0.1, -0.05) is 36.4 Å². The van der Waals surface area contributed by atoms with Crippen molar-refractivity contribution in [3.63, 3.8) is 0 Å². The van der Waals surface area contributed by atoms with Crippen LogP contribution in [0.2, 0.25) is 0 Å². The van der Waals surface area contributed by atoms with Crippen molar-refractivity contribution in [2.45, 2.75) is 46.0 Å². The van der Waals surface area contributed by atoms with E-state index in [2.05, 4.69) is 20.9 Å². The number of aromatic nitrogens is 1. The fourth-order valence-corrected chi connectivity index (χ4v) is 4.66. The lowest BCUT2D eigenvalue weighted by atomic mass is 9.90. The van der Waals surface area contributed by atoms with Crippen LogP contribution in [0.3, 0.4) is 0 Å². The quantitative estimate of drug-likeness (QED) is 0.374. The molecule has 0 radical (unpaired) electrons. The summed E-state index contributed by atoms with van der Waals surface area (Å²) in [5.41, 5.74) is 1.52. The Bertz CT molecular complexity index is 1460. The molecule has 0 spiro atoms. The van der Waals surface area contributed by atoms with Gasteiger partial charge in [-0.2, -0.15) is 13.2 Å². The minimum Gasteiger partial charge on any atom is -0.328 e. The highest BCUT2D eigenvalue weighted by Gasteiger charge is 2.54. The number of amides is 3. The summed E-state index contributed by atoms with van der Waals surface area (Å²) in [6.45, 7) is 1.29. The molecule has 41 heavy (non-hydrogen) atoms. The zero-order chi connectivity index (χ0) is 29.8. The molecule has 3 N–H and O–H groups in total. The predicted molar refractivity (Wildman–Crippen MR) is 149 cm³/mol. The number of halogens is 3. The van der Waals surface area contributed by atoms with E-state index in [0.29, 0.717) is 35.6 Å². The molecule has 0 fully saturated rings. The van der Waals surface area contributed by atoms with Gasteiger partial charge in [0, 0.05) is 31.4 Å². The fourth-order valence-electron chi connectivity index (χ4n) is 4.66. The van der Waals surface area contributed by atoms with E-state index in [0.717, 1.165) is 35.4 Å². The molecule has 0 saturated heterocycles. The maximum Gasteiger partial charge on any atom is 0.402 e. The monoisotopic (exact) mass is 567 g/mol. The maximum absolute atomic E-state index is 13.8. The molecule has 216 valence electrons. The zero-order valence-electron chi connectivity index (χ0n) is 23.1. The van der Waals surface area contributed by atoms with Crippen LogP contribution in [0.5, 0.6) is 0 Å². The number of rotatable bonds is 8. The van der Waals surface area contributed by atoms with Gasteiger partial charge in [0.2, 0.25) is 17.7 Å². The molecule has 1 aliphatic rings. The number of pyridine rings is 1. The van der Waals surface area contributed by atoms with Crippen LogP contribution in [0.4, 0.5) is 24.7 Å². The molecule has 2 aromatic carbocycles. The van der Waals surface area contributed by atoms with E-state index in [9.17, 15) is 27.6 Å². The lowest BCUT2D eigenvalue weighted by molar-refractivity contribution is -0.217. The Morgan fingerprint density at radius 3 is 2.41 bits per heavy atom. The lowest BCUT2D eigenvalue weighted by Gasteiger charge is -2.33. The standard InChI is InChI=1S/C30H32F3N5O3/c1-29(2,30(31,32)33)28(41)38(17-22-8-5-4-7-21(22)16-34-3)18-26(40)36-24-11-10-19-13-20-9-6-12-35-27(20)37-25(39)15-23(19)14-24/h4-12,14,34H,13,15-18H2,1-3H3,(H,36,40)(H,35,37,39). The van der Waals surface area contributed by atoms with Crippen molar-refractivity contribution in [3.05, 3.63) is 88.6 Å². The largest absolute Gasteiger partial charge is 0.402 e. The molecule has 3 aromatic rings. The van der Waals surface area contributed by atoms with Crippen LogP contribution in [0.15, 0.2) is 60.8 Å². The maximum atomic E-state index is 13.8. The summed E-state index contributed by atoms with van der Waals surface area (Å²) >= 11 is 0. The van der Waals surface area contributed by atoms with E-state index in [1.807, 2.05) is 12.1 Å². The summed E-state index contributed by atoms with van der Waals surface area (Å²) in [6.07, 6.45) is -2.63. The average molecular weight is 568 g/mol. The molecule has 11 heteroatoms. The zero-order valence-corrected chi connectivity index (χ0v) is 23.1.